The average molecular weight is 402 g/mol. The lowest BCUT2D eigenvalue weighted by Crippen LogP contribution is -2.42. The van der Waals surface area contributed by atoms with Crippen LogP contribution in [-0.2, 0) is 6.54 Å². The summed E-state index contributed by atoms with van der Waals surface area (Å²) in [5, 5.41) is 3.53. The number of carbonyl (C=O) groups excluding carboxylic acids is 1. The Morgan fingerprint density at radius 3 is 2.67 bits per heavy atom. The van der Waals surface area contributed by atoms with Crippen LogP contribution in [0.3, 0.4) is 0 Å². The monoisotopic (exact) mass is 402 g/mol. The smallest absolute Gasteiger partial charge is 0.258 e. The first kappa shape index (κ1) is 18.4. The number of hydrogen-bond donors (Lipinski definition) is 1. The summed E-state index contributed by atoms with van der Waals surface area (Å²) in [6.07, 6.45) is -0.298. The van der Waals surface area contributed by atoms with Gasteiger partial charge in [0.25, 0.3) is 5.91 Å². The van der Waals surface area contributed by atoms with Crippen molar-refractivity contribution in [1.29, 1.82) is 0 Å². The molecule has 0 saturated heterocycles. The van der Waals surface area contributed by atoms with Crippen molar-refractivity contribution < 1.29 is 19.0 Å². The van der Waals surface area contributed by atoms with E-state index in [-0.39, 0.29) is 18.9 Å². The van der Waals surface area contributed by atoms with Gasteiger partial charge in [-0.2, -0.15) is 0 Å². The van der Waals surface area contributed by atoms with Crippen LogP contribution in [-0.4, -0.2) is 24.2 Å². The van der Waals surface area contributed by atoms with Gasteiger partial charge in [-0.1, -0.05) is 30.3 Å². The Labute approximate surface area is 175 Å². The lowest BCUT2D eigenvalue weighted by Gasteiger charge is -2.38. The number of nitrogens with zero attached hydrogens (tertiary/aromatic N) is 1. The number of benzene rings is 3. The van der Waals surface area contributed by atoms with E-state index in [1.54, 1.807) is 0 Å². The van der Waals surface area contributed by atoms with Gasteiger partial charge in [0.15, 0.2) is 11.5 Å². The molecule has 0 bridgehead atoms. The SMILES string of the molecule is CCOc1ccc([C@H]2Nc3ccccc3C(=O)N2Cc2ccc3c(c2)OCO3)cc1. The first-order valence-corrected chi connectivity index (χ1v) is 10.0. The van der Waals surface area contributed by atoms with E-state index >= 15 is 0 Å². The highest BCUT2D eigenvalue weighted by Gasteiger charge is 2.33. The lowest BCUT2D eigenvalue weighted by atomic mass is 10.0. The zero-order valence-corrected chi connectivity index (χ0v) is 16.6. The maximum atomic E-state index is 13.4. The van der Waals surface area contributed by atoms with Crippen molar-refractivity contribution in [3.8, 4) is 17.2 Å². The van der Waals surface area contributed by atoms with Crippen molar-refractivity contribution in [2.45, 2.75) is 19.6 Å². The van der Waals surface area contributed by atoms with Crippen LogP contribution in [0.2, 0.25) is 0 Å². The van der Waals surface area contributed by atoms with Gasteiger partial charge in [0, 0.05) is 12.2 Å². The number of rotatable bonds is 5. The molecule has 0 radical (unpaired) electrons. The number of amides is 1. The molecule has 1 amide bonds. The Bertz CT molecular complexity index is 1080. The summed E-state index contributed by atoms with van der Waals surface area (Å²) in [4.78, 5) is 15.3. The Balaban J connectivity index is 1.50. The van der Waals surface area contributed by atoms with Crippen LogP contribution in [0, 0.1) is 0 Å². The number of hydrogen-bond acceptors (Lipinski definition) is 5. The number of ether oxygens (including phenoxy) is 3. The second kappa shape index (κ2) is 7.63. The van der Waals surface area contributed by atoms with E-state index in [1.165, 1.54) is 0 Å². The minimum absolute atomic E-state index is 0.0131. The van der Waals surface area contributed by atoms with Gasteiger partial charge in [0.1, 0.15) is 11.9 Å². The minimum Gasteiger partial charge on any atom is -0.494 e. The van der Waals surface area contributed by atoms with Crippen molar-refractivity contribution in [2.75, 3.05) is 18.7 Å². The highest BCUT2D eigenvalue weighted by Crippen LogP contribution is 2.37. The lowest BCUT2D eigenvalue weighted by molar-refractivity contribution is 0.0666. The first-order valence-electron chi connectivity index (χ1n) is 10.0. The van der Waals surface area contributed by atoms with Crippen molar-refractivity contribution in [3.63, 3.8) is 0 Å². The summed E-state index contributed by atoms with van der Waals surface area (Å²) in [5.74, 6) is 2.24. The molecule has 2 aliphatic rings. The third kappa shape index (κ3) is 3.30. The molecule has 3 aromatic carbocycles. The number of nitrogens with one attached hydrogen (secondary N) is 1. The molecule has 0 aliphatic carbocycles. The number of para-hydroxylation sites is 1. The quantitative estimate of drug-likeness (QED) is 0.677. The normalized spacial score (nSPS) is 16.8. The third-order valence-electron chi connectivity index (χ3n) is 5.32. The minimum atomic E-state index is -0.298. The van der Waals surface area contributed by atoms with E-state index in [4.69, 9.17) is 14.2 Å². The second-order valence-corrected chi connectivity index (χ2v) is 7.22. The van der Waals surface area contributed by atoms with Gasteiger partial charge in [-0.05, 0) is 54.4 Å². The van der Waals surface area contributed by atoms with E-state index < -0.39 is 0 Å². The summed E-state index contributed by atoms with van der Waals surface area (Å²) in [5.41, 5.74) is 3.47. The van der Waals surface area contributed by atoms with Gasteiger partial charge < -0.3 is 24.4 Å². The molecule has 2 heterocycles. The van der Waals surface area contributed by atoms with Crippen molar-refractivity contribution >= 4 is 11.6 Å². The average Bonchev–Trinajstić information content (AvgIpc) is 3.24. The molecule has 152 valence electrons. The number of anilines is 1. The maximum Gasteiger partial charge on any atom is 0.258 e. The molecule has 30 heavy (non-hydrogen) atoms. The summed E-state index contributed by atoms with van der Waals surface area (Å²) in [6.45, 7) is 3.24. The van der Waals surface area contributed by atoms with Gasteiger partial charge in [-0.3, -0.25) is 4.79 Å². The van der Waals surface area contributed by atoms with Crippen LogP contribution in [0.25, 0.3) is 0 Å². The zero-order valence-electron chi connectivity index (χ0n) is 16.6. The molecule has 0 unspecified atom stereocenters. The third-order valence-corrected chi connectivity index (χ3v) is 5.32. The van der Waals surface area contributed by atoms with E-state index in [2.05, 4.69) is 5.32 Å². The maximum absolute atomic E-state index is 13.4. The van der Waals surface area contributed by atoms with E-state index in [0.717, 1.165) is 28.3 Å². The molecule has 3 aromatic rings. The molecule has 1 atom stereocenters. The summed E-state index contributed by atoms with van der Waals surface area (Å²) < 4.78 is 16.5. The molecule has 0 aromatic heterocycles. The van der Waals surface area contributed by atoms with E-state index in [9.17, 15) is 4.79 Å². The summed E-state index contributed by atoms with van der Waals surface area (Å²) in [7, 11) is 0. The molecular weight excluding hydrogens is 380 g/mol. The topological polar surface area (TPSA) is 60.0 Å². The fraction of sp³-hybridized carbons (Fsp3) is 0.208. The predicted octanol–water partition coefficient (Wildman–Crippen LogP) is 4.58. The van der Waals surface area contributed by atoms with Crippen LogP contribution in [0.4, 0.5) is 5.69 Å². The second-order valence-electron chi connectivity index (χ2n) is 7.22. The van der Waals surface area contributed by atoms with Crippen molar-refractivity contribution in [2.24, 2.45) is 0 Å². The van der Waals surface area contributed by atoms with Crippen LogP contribution in [0.5, 0.6) is 17.2 Å². The molecule has 0 fully saturated rings. The number of fused-ring (bicyclic) bond motifs is 2. The predicted molar refractivity (Wildman–Crippen MR) is 113 cm³/mol. The fourth-order valence-electron chi connectivity index (χ4n) is 3.87. The highest BCUT2D eigenvalue weighted by atomic mass is 16.7. The first-order chi connectivity index (χ1) is 14.7. The van der Waals surface area contributed by atoms with Gasteiger partial charge in [-0.25, -0.2) is 0 Å². The zero-order chi connectivity index (χ0) is 20.5. The van der Waals surface area contributed by atoms with Gasteiger partial charge in [0.05, 0.1) is 12.2 Å². The Morgan fingerprint density at radius 2 is 1.83 bits per heavy atom. The Hall–Kier alpha value is -3.67. The van der Waals surface area contributed by atoms with Crippen LogP contribution < -0.4 is 19.5 Å². The summed E-state index contributed by atoms with van der Waals surface area (Å²) in [6, 6.07) is 21.3. The molecule has 1 N–H and O–H groups in total. The van der Waals surface area contributed by atoms with Gasteiger partial charge in [0.2, 0.25) is 6.79 Å². The molecule has 5 rings (SSSR count). The standard InChI is InChI=1S/C24H22N2O4/c1-2-28-18-10-8-17(9-11-18)23-25-20-6-4-3-5-19(20)24(27)26(23)14-16-7-12-21-22(13-16)30-15-29-21/h3-13,23,25H,2,14-15H2,1H3/t23-/m0/s1. The van der Waals surface area contributed by atoms with Gasteiger partial charge in [-0.15, -0.1) is 0 Å². The van der Waals surface area contributed by atoms with E-state index in [0.29, 0.717) is 24.5 Å². The summed E-state index contributed by atoms with van der Waals surface area (Å²) >= 11 is 0. The molecule has 0 spiro atoms. The number of carbonyl (C=O) groups is 1. The van der Waals surface area contributed by atoms with Crippen LogP contribution in [0.15, 0.2) is 66.7 Å². The molecule has 0 saturated carbocycles. The van der Waals surface area contributed by atoms with Crippen molar-refractivity contribution in [3.05, 3.63) is 83.4 Å². The largest absolute Gasteiger partial charge is 0.494 e. The molecule has 2 aliphatic heterocycles. The Morgan fingerprint density at radius 1 is 1.03 bits per heavy atom. The van der Waals surface area contributed by atoms with Crippen LogP contribution >= 0.6 is 0 Å². The van der Waals surface area contributed by atoms with E-state index in [1.807, 2.05) is 78.6 Å². The molecule has 6 heteroatoms. The van der Waals surface area contributed by atoms with Crippen LogP contribution in [0.1, 0.15) is 34.6 Å². The molecule has 6 nitrogen and oxygen atoms in total. The molecular formula is C24H22N2O4. The fourth-order valence-corrected chi connectivity index (χ4v) is 3.87. The highest BCUT2D eigenvalue weighted by molar-refractivity contribution is 6.01. The van der Waals surface area contributed by atoms with Crippen molar-refractivity contribution in [1.82, 2.24) is 4.90 Å². The Kier molecular flexibility index (Phi) is 4.67. The van der Waals surface area contributed by atoms with Gasteiger partial charge >= 0.3 is 0 Å².